The second-order valence-corrected chi connectivity index (χ2v) is 8.57. The molecule has 2 saturated heterocycles. The van der Waals surface area contributed by atoms with Crippen molar-refractivity contribution in [3.63, 3.8) is 0 Å². The fraction of sp³-hybridized carbons (Fsp3) is 0.417. The molecule has 2 fully saturated rings. The molecule has 178 valence electrons. The first-order valence-corrected chi connectivity index (χ1v) is 10.8. The number of carbonyl (C=O) groups is 2. The molecule has 2 aromatic rings. The van der Waals surface area contributed by atoms with Crippen LogP contribution in [0.3, 0.4) is 0 Å². The van der Waals surface area contributed by atoms with Gasteiger partial charge in [-0.3, -0.25) is 9.59 Å². The number of hydrogen-bond donors (Lipinski definition) is 0. The number of benzene rings is 2. The lowest BCUT2D eigenvalue weighted by Crippen LogP contribution is -2.58. The van der Waals surface area contributed by atoms with E-state index in [4.69, 9.17) is 37.9 Å². The average Bonchev–Trinajstić information content (AvgIpc) is 3.54. The summed E-state index contributed by atoms with van der Waals surface area (Å²) in [4.78, 5) is 24.7. The highest BCUT2D eigenvalue weighted by atomic mass is 16.7. The van der Waals surface area contributed by atoms with Crippen LogP contribution in [0.5, 0.6) is 23.0 Å². The minimum atomic E-state index is -1.45. The molecular weight excluding hydrogens is 448 g/mol. The minimum absolute atomic E-state index is 0.0575. The summed E-state index contributed by atoms with van der Waals surface area (Å²) >= 11 is 0. The Bertz CT molecular complexity index is 1090. The fourth-order valence-electron chi connectivity index (χ4n) is 5.26. The molecule has 6 rings (SSSR count). The van der Waals surface area contributed by atoms with Gasteiger partial charge in [-0.1, -0.05) is 12.1 Å². The second kappa shape index (κ2) is 7.51. The van der Waals surface area contributed by atoms with Gasteiger partial charge in [0.25, 0.3) is 0 Å². The van der Waals surface area contributed by atoms with E-state index in [1.807, 2.05) is 0 Å². The summed E-state index contributed by atoms with van der Waals surface area (Å²) in [5.74, 6) is 1.21. The number of carbonyl (C=O) groups excluding carboxylic acids is 2. The predicted octanol–water partition coefficient (Wildman–Crippen LogP) is 2.59. The molecular formula is C24H22O10. The first kappa shape index (κ1) is 21.1. The largest absolute Gasteiger partial charge is 0.454 e. The molecule has 0 radical (unpaired) electrons. The van der Waals surface area contributed by atoms with Gasteiger partial charge in [0.15, 0.2) is 23.0 Å². The van der Waals surface area contributed by atoms with Crippen molar-refractivity contribution in [2.75, 3.05) is 26.8 Å². The Balaban J connectivity index is 1.47. The van der Waals surface area contributed by atoms with Crippen molar-refractivity contribution in [1.29, 1.82) is 0 Å². The third-order valence-electron chi connectivity index (χ3n) is 6.54. The van der Waals surface area contributed by atoms with Crippen LogP contribution in [0.15, 0.2) is 36.4 Å². The number of hydrogen-bond acceptors (Lipinski definition) is 10. The highest BCUT2D eigenvalue weighted by Gasteiger charge is 2.75. The van der Waals surface area contributed by atoms with E-state index in [1.165, 1.54) is 13.8 Å². The third-order valence-corrected chi connectivity index (χ3v) is 6.54. The van der Waals surface area contributed by atoms with Crippen molar-refractivity contribution in [2.45, 2.75) is 37.3 Å². The summed E-state index contributed by atoms with van der Waals surface area (Å²) in [6.07, 6.45) is -1.58. The maximum absolute atomic E-state index is 12.4. The number of esters is 2. The van der Waals surface area contributed by atoms with Crippen LogP contribution in [0.4, 0.5) is 0 Å². The van der Waals surface area contributed by atoms with Gasteiger partial charge in [0.1, 0.15) is 12.2 Å². The molecule has 0 saturated carbocycles. The highest BCUT2D eigenvalue weighted by molar-refractivity contribution is 5.69. The Kier molecular flexibility index (Phi) is 4.65. The summed E-state index contributed by atoms with van der Waals surface area (Å²) in [5, 5.41) is 0. The van der Waals surface area contributed by atoms with E-state index in [0.717, 1.165) is 0 Å². The molecule has 34 heavy (non-hydrogen) atoms. The van der Waals surface area contributed by atoms with Crippen LogP contribution in [-0.2, 0) is 28.5 Å². The standard InChI is InChI=1S/C24H22O10/c1-13(25)33-23-9-27-22(16-4-6-18-20(8-16)32-12-30-18)24(23,34-14(2)26)10-28-21(23)15-3-5-17-19(7-15)31-11-29-17/h3-8,21-22H,9-12H2,1-2H3/t21-,22-,23+,24+/m1/s1. The molecule has 0 bridgehead atoms. The maximum atomic E-state index is 12.4. The zero-order chi connectivity index (χ0) is 23.5. The fourth-order valence-corrected chi connectivity index (χ4v) is 5.26. The quantitative estimate of drug-likeness (QED) is 0.619. The highest BCUT2D eigenvalue weighted by Crippen LogP contribution is 2.60. The van der Waals surface area contributed by atoms with E-state index >= 15 is 0 Å². The summed E-state index contributed by atoms with van der Waals surface area (Å²) in [5.41, 5.74) is -1.54. The first-order chi connectivity index (χ1) is 16.4. The van der Waals surface area contributed by atoms with E-state index in [0.29, 0.717) is 34.1 Å². The van der Waals surface area contributed by atoms with Crippen molar-refractivity contribution >= 4 is 11.9 Å². The molecule has 10 heteroatoms. The van der Waals surface area contributed by atoms with E-state index in [1.54, 1.807) is 36.4 Å². The lowest BCUT2D eigenvalue weighted by molar-refractivity contribution is -0.197. The molecule has 0 unspecified atom stereocenters. The average molecular weight is 470 g/mol. The monoisotopic (exact) mass is 470 g/mol. The molecule has 4 aliphatic rings. The van der Waals surface area contributed by atoms with Crippen LogP contribution in [0.1, 0.15) is 37.2 Å². The van der Waals surface area contributed by atoms with Crippen LogP contribution in [0, 0.1) is 0 Å². The third kappa shape index (κ3) is 2.95. The molecule has 4 atom stereocenters. The van der Waals surface area contributed by atoms with Gasteiger partial charge < -0.3 is 37.9 Å². The molecule has 4 heterocycles. The Hall–Kier alpha value is -3.50. The van der Waals surface area contributed by atoms with Gasteiger partial charge in [-0.25, -0.2) is 0 Å². The van der Waals surface area contributed by atoms with Crippen LogP contribution >= 0.6 is 0 Å². The molecule has 2 aromatic carbocycles. The molecule has 0 amide bonds. The van der Waals surface area contributed by atoms with Gasteiger partial charge >= 0.3 is 11.9 Å². The van der Waals surface area contributed by atoms with Gasteiger partial charge in [-0.05, 0) is 35.4 Å². The Morgan fingerprint density at radius 2 is 1.12 bits per heavy atom. The SMILES string of the molecule is CC(=O)O[C@]12CO[C@H](c3ccc4c(c3)OCO4)[C@@]1(OC(C)=O)CO[C@@H]2c1ccc2c(c1)OCO2. The minimum Gasteiger partial charge on any atom is -0.454 e. The van der Waals surface area contributed by atoms with E-state index < -0.39 is 35.3 Å². The van der Waals surface area contributed by atoms with Crippen LogP contribution in [-0.4, -0.2) is 49.9 Å². The van der Waals surface area contributed by atoms with Gasteiger partial charge in [-0.2, -0.15) is 0 Å². The number of ether oxygens (including phenoxy) is 8. The Morgan fingerprint density at radius 3 is 1.53 bits per heavy atom. The van der Waals surface area contributed by atoms with Crippen molar-refractivity contribution in [2.24, 2.45) is 0 Å². The van der Waals surface area contributed by atoms with Gasteiger partial charge in [0, 0.05) is 13.8 Å². The summed E-state index contributed by atoms with van der Waals surface area (Å²) in [6, 6.07) is 10.7. The van der Waals surface area contributed by atoms with E-state index in [9.17, 15) is 9.59 Å². The topological polar surface area (TPSA) is 108 Å². The normalized spacial score (nSPS) is 30.2. The maximum Gasteiger partial charge on any atom is 0.303 e. The molecule has 0 N–H and O–H groups in total. The summed E-state index contributed by atoms with van der Waals surface area (Å²) in [7, 11) is 0. The summed E-state index contributed by atoms with van der Waals surface area (Å²) < 4.78 is 46.3. The lowest BCUT2D eigenvalue weighted by Gasteiger charge is -2.40. The van der Waals surface area contributed by atoms with Crippen molar-refractivity contribution in [3.05, 3.63) is 47.5 Å². The lowest BCUT2D eigenvalue weighted by atomic mass is 9.76. The smallest absolute Gasteiger partial charge is 0.303 e. The van der Waals surface area contributed by atoms with E-state index in [2.05, 4.69) is 0 Å². The molecule has 0 aliphatic carbocycles. The molecule has 10 nitrogen and oxygen atoms in total. The van der Waals surface area contributed by atoms with Gasteiger partial charge in [0.2, 0.25) is 24.8 Å². The zero-order valence-corrected chi connectivity index (χ0v) is 18.5. The van der Waals surface area contributed by atoms with Crippen molar-refractivity contribution in [1.82, 2.24) is 0 Å². The number of fused-ring (bicyclic) bond motifs is 3. The summed E-state index contributed by atoms with van der Waals surface area (Å²) in [6.45, 7) is 2.72. The van der Waals surface area contributed by atoms with Crippen molar-refractivity contribution < 1.29 is 47.5 Å². The molecule has 4 aliphatic heterocycles. The van der Waals surface area contributed by atoms with Crippen LogP contribution in [0.2, 0.25) is 0 Å². The first-order valence-electron chi connectivity index (χ1n) is 10.8. The van der Waals surface area contributed by atoms with Crippen LogP contribution in [0.25, 0.3) is 0 Å². The second-order valence-electron chi connectivity index (χ2n) is 8.57. The Morgan fingerprint density at radius 1 is 0.706 bits per heavy atom. The Labute approximate surface area is 194 Å². The van der Waals surface area contributed by atoms with E-state index in [-0.39, 0.29) is 26.8 Å². The zero-order valence-electron chi connectivity index (χ0n) is 18.5. The van der Waals surface area contributed by atoms with Crippen LogP contribution < -0.4 is 18.9 Å². The molecule has 0 spiro atoms. The number of rotatable bonds is 4. The molecule has 0 aromatic heterocycles. The van der Waals surface area contributed by atoms with Gasteiger partial charge in [-0.15, -0.1) is 0 Å². The van der Waals surface area contributed by atoms with Crippen molar-refractivity contribution in [3.8, 4) is 23.0 Å². The predicted molar refractivity (Wildman–Crippen MR) is 112 cm³/mol. The van der Waals surface area contributed by atoms with Gasteiger partial charge in [0.05, 0.1) is 13.2 Å².